The lowest BCUT2D eigenvalue weighted by molar-refractivity contribution is -0.194. The summed E-state index contributed by atoms with van der Waals surface area (Å²) in [7, 11) is 0. The summed E-state index contributed by atoms with van der Waals surface area (Å²) in [5, 5.41) is 19.0. The fraction of sp³-hybridized carbons (Fsp3) is 0.625. The number of unbranched alkanes of at least 4 members (excludes halogenated alkanes) is 4. The molecular formula is C24H41NO4. The van der Waals surface area contributed by atoms with Gasteiger partial charge in [-0.3, -0.25) is 4.79 Å². The maximum absolute atomic E-state index is 11.7. The molecule has 2 N–H and O–H groups in total. The quantitative estimate of drug-likeness (QED) is 0.181. The number of carbonyl (C=O) groups is 1. The maximum Gasteiger partial charge on any atom is 0.325 e. The van der Waals surface area contributed by atoms with E-state index in [1.54, 1.807) is 0 Å². The summed E-state index contributed by atoms with van der Waals surface area (Å²) in [4.78, 5) is 16.8. The van der Waals surface area contributed by atoms with Crippen molar-refractivity contribution in [3.63, 3.8) is 0 Å². The molecule has 0 aliphatic heterocycles. The van der Waals surface area contributed by atoms with Crippen LogP contribution < -0.4 is 0 Å². The predicted molar refractivity (Wildman–Crippen MR) is 120 cm³/mol. The smallest absolute Gasteiger partial charge is 0.325 e. The number of allylic oxidation sites excluding steroid dienone is 8. The van der Waals surface area contributed by atoms with Gasteiger partial charge in [-0.25, -0.2) is 0 Å². The van der Waals surface area contributed by atoms with Crippen molar-refractivity contribution in [3.8, 4) is 0 Å². The van der Waals surface area contributed by atoms with E-state index >= 15 is 0 Å². The van der Waals surface area contributed by atoms with E-state index in [1.807, 2.05) is 0 Å². The fourth-order valence-electron chi connectivity index (χ4n) is 2.54. The number of hydroxylamine groups is 2. The molecule has 0 aromatic heterocycles. The minimum Gasteiger partial charge on any atom is -0.395 e. The van der Waals surface area contributed by atoms with Gasteiger partial charge in [0.2, 0.25) is 0 Å². The van der Waals surface area contributed by atoms with E-state index in [1.165, 1.54) is 30.7 Å². The van der Waals surface area contributed by atoms with Gasteiger partial charge in [-0.2, -0.15) is 0 Å². The van der Waals surface area contributed by atoms with Crippen LogP contribution >= 0.6 is 0 Å². The molecule has 5 nitrogen and oxygen atoms in total. The SMILES string of the molecule is CCCCCC=CCC=CCC=CCC=CCCCC(=O)ON(CCO)CCO. The Balaban J connectivity index is 3.63. The summed E-state index contributed by atoms with van der Waals surface area (Å²) in [6.45, 7) is 2.42. The van der Waals surface area contributed by atoms with Crippen LogP contribution in [-0.4, -0.2) is 47.5 Å². The minimum atomic E-state index is -0.331. The number of rotatable bonds is 19. The zero-order valence-corrected chi connectivity index (χ0v) is 18.2. The second kappa shape index (κ2) is 22.6. The van der Waals surface area contributed by atoms with Crippen molar-refractivity contribution in [3.05, 3.63) is 48.6 Å². The number of carbonyl (C=O) groups excluding carboxylic acids is 1. The van der Waals surface area contributed by atoms with Crippen molar-refractivity contribution in [2.24, 2.45) is 0 Å². The summed E-state index contributed by atoms with van der Waals surface area (Å²) in [5.74, 6) is -0.331. The van der Waals surface area contributed by atoms with Crippen molar-refractivity contribution in [1.29, 1.82) is 0 Å². The molecule has 0 fully saturated rings. The second-order valence-electron chi connectivity index (χ2n) is 6.82. The van der Waals surface area contributed by atoms with Crippen LogP contribution in [0.3, 0.4) is 0 Å². The summed E-state index contributed by atoms with van der Waals surface area (Å²) in [6.07, 6.45) is 27.3. The number of hydrogen-bond donors (Lipinski definition) is 2. The molecule has 0 amide bonds. The molecule has 0 saturated carbocycles. The predicted octanol–water partition coefficient (Wildman–Crippen LogP) is 4.88. The molecule has 0 unspecified atom stereocenters. The Morgan fingerprint density at radius 1 is 0.759 bits per heavy atom. The Morgan fingerprint density at radius 3 is 1.72 bits per heavy atom. The topological polar surface area (TPSA) is 70.0 Å². The van der Waals surface area contributed by atoms with Gasteiger partial charge in [-0.15, -0.1) is 5.06 Å². The number of hydrogen-bond acceptors (Lipinski definition) is 5. The molecule has 5 heteroatoms. The zero-order valence-electron chi connectivity index (χ0n) is 18.2. The highest BCUT2D eigenvalue weighted by atomic mass is 16.7. The lowest BCUT2D eigenvalue weighted by Gasteiger charge is -2.18. The van der Waals surface area contributed by atoms with Crippen LogP contribution in [-0.2, 0) is 9.63 Å². The first-order valence-corrected chi connectivity index (χ1v) is 11.0. The lowest BCUT2D eigenvalue weighted by Crippen LogP contribution is -2.32. The van der Waals surface area contributed by atoms with E-state index in [2.05, 4.69) is 55.5 Å². The van der Waals surface area contributed by atoms with E-state index in [-0.39, 0.29) is 32.3 Å². The molecule has 0 atom stereocenters. The summed E-state index contributed by atoms with van der Waals surface area (Å²) >= 11 is 0. The van der Waals surface area contributed by atoms with Gasteiger partial charge < -0.3 is 15.1 Å². The Bertz CT molecular complexity index is 477. The van der Waals surface area contributed by atoms with Crippen LogP contribution in [0, 0.1) is 0 Å². The summed E-state index contributed by atoms with van der Waals surface area (Å²) in [6, 6.07) is 0. The third kappa shape index (κ3) is 20.8. The third-order valence-corrected chi connectivity index (χ3v) is 4.14. The molecule has 0 saturated heterocycles. The Morgan fingerprint density at radius 2 is 1.24 bits per heavy atom. The molecule has 29 heavy (non-hydrogen) atoms. The van der Waals surface area contributed by atoms with Crippen LogP contribution in [0.4, 0.5) is 0 Å². The van der Waals surface area contributed by atoms with E-state index in [9.17, 15) is 4.79 Å². The normalized spacial score (nSPS) is 12.4. The molecule has 0 rings (SSSR count). The molecule has 0 spiro atoms. The second-order valence-corrected chi connectivity index (χ2v) is 6.82. The van der Waals surface area contributed by atoms with Gasteiger partial charge in [0.1, 0.15) is 0 Å². The molecule has 0 aliphatic carbocycles. The molecule has 166 valence electrons. The van der Waals surface area contributed by atoms with Gasteiger partial charge in [-0.1, -0.05) is 68.4 Å². The van der Waals surface area contributed by atoms with Crippen LogP contribution in [0.25, 0.3) is 0 Å². The molecule has 0 aromatic carbocycles. The fourth-order valence-corrected chi connectivity index (χ4v) is 2.54. The van der Waals surface area contributed by atoms with Gasteiger partial charge in [-0.05, 0) is 44.9 Å². The highest BCUT2D eigenvalue weighted by Crippen LogP contribution is 2.03. The van der Waals surface area contributed by atoms with Crippen molar-refractivity contribution in [1.82, 2.24) is 5.06 Å². The van der Waals surface area contributed by atoms with Gasteiger partial charge in [0.15, 0.2) is 0 Å². The lowest BCUT2D eigenvalue weighted by atomic mass is 10.2. The Labute approximate surface area is 177 Å². The van der Waals surface area contributed by atoms with Crippen molar-refractivity contribution in [2.45, 2.75) is 71.1 Å². The van der Waals surface area contributed by atoms with Crippen LogP contribution in [0.2, 0.25) is 0 Å². The van der Waals surface area contributed by atoms with Crippen LogP contribution in [0.5, 0.6) is 0 Å². The van der Waals surface area contributed by atoms with Crippen molar-refractivity contribution < 1.29 is 19.8 Å². The standard InChI is InChI=1S/C24H41NO4/c1-2-3-4-5-6-7-8-9-10-11-12-13-14-15-16-17-18-19-24(28)29-25(20-22-26)21-23-27/h6-7,9-10,12-13,15-16,26-27H,2-5,8,11,14,17-23H2,1H3. The van der Waals surface area contributed by atoms with Crippen LogP contribution in [0.1, 0.15) is 71.1 Å². The average Bonchev–Trinajstić information content (AvgIpc) is 2.70. The molecular weight excluding hydrogens is 366 g/mol. The Hall–Kier alpha value is -1.69. The monoisotopic (exact) mass is 407 g/mol. The number of aliphatic hydroxyl groups is 2. The van der Waals surface area contributed by atoms with E-state index in [0.717, 1.165) is 32.1 Å². The molecule has 0 aliphatic rings. The first-order valence-electron chi connectivity index (χ1n) is 11.0. The van der Waals surface area contributed by atoms with E-state index < -0.39 is 0 Å². The summed E-state index contributed by atoms with van der Waals surface area (Å²) in [5.41, 5.74) is 0. The van der Waals surface area contributed by atoms with Gasteiger partial charge >= 0.3 is 5.97 Å². The van der Waals surface area contributed by atoms with Gasteiger partial charge in [0, 0.05) is 6.42 Å². The largest absolute Gasteiger partial charge is 0.395 e. The van der Waals surface area contributed by atoms with E-state index in [4.69, 9.17) is 15.1 Å². The highest BCUT2D eigenvalue weighted by molar-refractivity contribution is 5.68. The van der Waals surface area contributed by atoms with E-state index in [0.29, 0.717) is 6.42 Å². The van der Waals surface area contributed by atoms with Crippen molar-refractivity contribution >= 4 is 5.97 Å². The average molecular weight is 408 g/mol. The first-order chi connectivity index (χ1) is 14.2. The maximum atomic E-state index is 11.7. The van der Waals surface area contributed by atoms with Gasteiger partial charge in [0.05, 0.1) is 26.3 Å². The Kier molecular flexibility index (Phi) is 21.3. The summed E-state index contributed by atoms with van der Waals surface area (Å²) < 4.78 is 0. The molecule has 0 radical (unpaired) electrons. The number of aliphatic hydroxyl groups excluding tert-OH is 2. The first kappa shape index (κ1) is 27.3. The van der Waals surface area contributed by atoms with Gasteiger partial charge in [0.25, 0.3) is 0 Å². The van der Waals surface area contributed by atoms with Crippen LogP contribution in [0.15, 0.2) is 48.6 Å². The molecule has 0 bridgehead atoms. The molecule has 0 heterocycles. The zero-order chi connectivity index (χ0) is 21.4. The molecule has 0 aromatic rings. The van der Waals surface area contributed by atoms with Crippen molar-refractivity contribution in [2.75, 3.05) is 26.3 Å². The minimum absolute atomic E-state index is 0.116. The number of nitrogens with zero attached hydrogens (tertiary/aromatic N) is 1. The highest BCUT2D eigenvalue weighted by Gasteiger charge is 2.10. The third-order valence-electron chi connectivity index (χ3n) is 4.14.